The Morgan fingerprint density at radius 3 is 2.63 bits per heavy atom. The van der Waals surface area contributed by atoms with Crippen molar-refractivity contribution in [1.29, 1.82) is 0 Å². The van der Waals surface area contributed by atoms with Gasteiger partial charge in [0, 0.05) is 10.7 Å². The van der Waals surface area contributed by atoms with Gasteiger partial charge < -0.3 is 10.1 Å². The lowest BCUT2D eigenvalue weighted by Gasteiger charge is -2.15. The summed E-state index contributed by atoms with van der Waals surface area (Å²) in [5.74, 6) is 0.0643. The van der Waals surface area contributed by atoms with Crippen molar-refractivity contribution in [3.8, 4) is 5.75 Å². The van der Waals surface area contributed by atoms with Gasteiger partial charge >= 0.3 is 0 Å². The highest BCUT2D eigenvalue weighted by Gasteiger charge is 2.33. The highest BCUT2D eigenvalue weighted by atomic mass is 35.5. The molecule has 3 aromatic rings. The van der Waals surface area contributed by atoms with Crippen molar-refractivity contribution >= 4 is 69.2 Å². The molecule has 0 aliphatic carbocycles. The Morgan fingerprint density at radius 2 is 1.89 bits per heavy atom. The van der Waals surface area contributed by atoms with Gasteiger partial charge in [-0.1, -0.05) is 71.5 Å². The quantitative estimate of drug-likeness (QED) is 0.289. The van der Waals surface area contributed by atoms with E-state index in [1.807, 2.05) is 63.2 Å². The highest BCUT2D eigenvalue weighted by Crippen LogP contribution is 2.37. The van der Waals surface area contributed by atoms with Crippen LogP contribution in [0.3, 0.4) is 0 Å². The summed E-state index contributed by atoms with van der Waals surface area (Å²) in [5, 5.41) is 3.44. The Morgan fingerprint density at radius 1 is 1.09 bits per heavy atom. The Bertz CT molecular complexity index is 1370. The smallest absolute Gasteiger partial charge is 0.270 e. The monoisotopic (exact) mass is 522 g/mol. The summed E-state index contributed by atoms with van der Waals surface area (Å²) in [6.45, 7) is 5.72. The summed E-state index contributed by atoms with van der Waals surface area (Å²) >= 11 is 12.9. The molecule has 3 aromatic carbocycles. The third-order valence-electron chi connectivity index (χ3n) is 5.39. The van der Waals surface area contributed by atoms with Crippen LogP contribution in [0.25, 0.3) is 6.08 Å². The lowest BCUT2D eigenvalue weighted by Crippen LogP contribution is -2.27. The lowest BCUT2D eigenvalue weighted by atomic mass is 10.1. The summed E-state index contributed by atoms with van der Waals surface area (Å²) in [5.41, 5.74) is 5.21. The molecule has 0 aromatic heterocycles. The number of carbonyl (C=O) groups excluding carboxylic acids is 2. The minimum atomic E-state index is -0.250. The van der Waals surface area contributed by atoms with Crippen LogP contribution >= 0.6 is 35.6 Å². The largest absolute Gasteiger partial charge is 0.484 e. The second kappa shape index (κ2) is 10.6. The first kappa shape index (κ1) is 25.0. The van der Waals surface area contributed by atoms with Crippen LogP contribution in [0, 0.1) is 20.8 Å². The van der Waals surface area contributed by atoms with Gasteiger partial charge in [-0.2, -0.15) is 0 Å². The van der Waals surface area contributed by atoms with Gasteiger partial charge in [-0.25, -0.2) is 0 Å². The van der Waals surface area contributed by atoms with Crippen LogP contribution in [0.2, 0.25) is 5.02 Å². The topological polar surface area (TPSA) is 58.6 Å². The maximum Gasteiger partial charge on any atom is 0.270 e. The Hall–Kier alpha value is -3.13. The molecule has 1 saturated heterocycles. The molecule has 178 valence electrons. The first-order chi connectivity index (χ1) is 16.7. The van der Waals surface area contributed by atoms with Gasteiger partial charge in [-0.05, 0) is 73.9 Å². The Balaban J connectivity index is 1.43. The first-order valence-electron chi connectivity index (χ1n) is 10.9. The summed E-state index contributed by atoms with van der Waals surface area (Å²) in [6, 6.07) is 18.5. The number of thioether (sulfide) groups is 1. The predicted octanol–water partition coefficient (Wildman–Crippen LogP) is 6.69. The minimum Gasteiger partial charge on any atom is -0.484 e. The van der Waals surface area contributed by atoms with Crippen LogP contribution in [0.4, 0.5) is 11.4 Å². The number of nitrogens with zero attached hydrogens (tertiary/aromatic N) is 1. The van der Waals surface area contributed by atoms with Crippen LogP contribution in [0.15, 0.2) is 65.6 Å². The zero-order valence-corrected chi connectivity index (χ0v) is 21.8. The van der Waals surface area contributed by atoms with E-state index in [0.29, 0.717) is 25.7 Å². The number of hydrogen-bond acceptors (Lipinski definition) is 5. The average Bonchev–Trinajstić information content (AvgIpc) is 3.09. The molecule has 0 bridgehead atoms. The summed E-state index contributed by atoms with van der Waals surface area (Å²) < 4.78 is 6.13. The lowest BCUT2D eigenvalue weighted by molar-refractivity contribution is -0.118. The van der Waals surface area contributed by atoms with E-state index in [2.05, 4.69) is 5.32 Å². The number of aryl methyl sites for hydroxylation is 3. The number of thiocarbonyl (C=S) groups is 1. The number of hydrogen-bond donors (Lipinski definition) is 1. The molecule has 0 radical (unpaired) electrons. The second-order valence-corrected chi connectivity index (χ2v) is 10.3. The van der Waals surface area contributed by atoms with E-state index in [1.165, 1.54) is 16.7 Å². The SMILES string of the molecule is Cc1ccc(NC(=O)COc2cccc(/C=C3\SC(=S)N(c4ccc(C)c(Cl)c4)C3=O)c2)c(C)c1. The van der Waals surface area contributed by atoms with Crippen molar-refractivity contribution in [2.75, 3.05) is 16.8 Å². The number of nitrogens with one attached hydrogen (secondary N) is 1. The number of carbonyl (C=O) groups is 2. The van der Waals surface area contributed by atoms with Gasteiger partial charge in [-0.15, -0.1) is 0 Å². The van der Waals surface area contributed by atoms with E-state index in [-0.39, 0.29) is 18.4 Å². The Labute approximate surface area is 219 Å². The molecule has 2 amide bonds. The number of benzene rings is 3. The molecule has 1 fully saturated rings. The molecule has 8 heteroatoms. The maximum absolute atomic E-state index is 13.1. The summed E-state index contributed by atoms with van der Waals surface area (Å²) in [6.07, 6.45) is 1.76. The molecular formula is C27H23ClN2O3S2. The molecule has 1 heterocycles. The van der Waals surface area contributed by atoms with E-state index in [9.17, 15) is 9.59 Å². The number of anilines is 2. The first-order valence-corrected chi connectivity index (χ1v) is 12.5. The summed E-state index contributed by atoms with van der Waals surface area (Å²) in [4.78, 5) is 27.4. The van der Waals surface area contributed by atoms with Gasteiger partial charge in [0.25, 0.3) is 11.8 Å². The van der Waals surface area contributed by atoms with Gasteiger partial charge in [0.1, 0.15) is 5.75 Å². The van der Waals surface area contributed by atoms with Crippen molar-refractivity contribution < 1.29 is 14.3 Å². The number of amides is 2. The molecule has 1 aliphatic rings. The second-order valence-electron chi connectivity index (χ2n) is 8.18. The summed E-state index contributed by atoms with van der Waals surface area (Å²) in [7, 11) is 0. The maximum atomic E-state index is 13.1. The molecule has 0 unspecified atom stereocenters. The number of rotatable bonds is 6. The van der Waals surface area contributed by atoms with E-state index in [1.54, 1.807) is 24.3 Å². The van der Waals surface area contributed by atoms with Gasteiger partial charge in [0.2, 0.25) is 0 Å². The molecule has 1 aliphatic heterocycles. The van der Waals surface area contributed by atoms with Crippen molar-refractivity contribution in [2.24, 2.45) is 0 Å². The minimum absolute atomic E-state index is 0.132. The molecule has 0 spiro atoms. The van der Waals surface area contributed by atoms with Gasteiger partial charge in [0.15, 0.2) is 10.9 Å². The molecule has 35 heavy (non-hydrogen) atoms. The highest BCUT2D eigenvalue weighted by molar-refractivity contribution is 8.27. The van der Waals surface area contributed by atoms with Crippen LogP contribution in [-0.4, -0.2) is 22.7 Å². The molecule has 1 N–H and O–H groups in total. The molecule has 5 nitrogen and oxygen atoms in total. The Kier molecular flexibility index (Phi) is 7.60. The van der Waals surface area contributed by atoms with Crippen LogP contribution in [0.1, 0.15) is 22.3 Å². The van der Waals surface area contributed by atoms with Crippen molar-refractivity contribution in [1.82, 2.24) is 0 Å². The zero-order chi connectivity index (χ0) is 25.1. The van der Waals surface area contributed by atoms with Gasteiger partial charge in [-0.3, -0.25) is 14.5 Å². The van der Waals surface area contributed by atoms with E-state index >= 15 is 0 Å². The van der Waals surface area contributed by atoms with Crippen LogP contribution < -0.4 is 15.0 Å². The van der Waals surface area contributed by atoms with Crippen molar-refractivity contribution in [3.63, 3.8) is 0 Å². The molecule has 4 rings (SSSR count). The van der Waals surface area contributed by atoms with Crippen molar-refractivity contribution in [3.05, 3.63) is 92.8 Å². The van der Waals surface area contributed by atoms with Crippen molar-refractivity contribution in [2.45, 2.75) is 20.8 Å². The standard InChI is InChI=1S/C27H23ClN2O3S2/c1-16-7-10-23(18(3)11-16)29-25(31)15-33-21-6-4-5-19(12-21)13-24-26(32)30(27(34)35-24)20-9-8-17(2)22(28)14-20/h4-14H,15H2,1-3H3,(H,29,31)/b24-13-. The fourth-order valence-electron chi connectivity index (χ4n) is 3.55. The number of halogens is 1. The predicted molar refractivity (Wildman–Crippen MR) is 148 cm³/mol. The fraction of sp³-hybridized carbons (Fsp3) is 0.148. The third kappa shape index (κ3) is 5.93. The third-order valence-corrected chi connectivity index (χ3v) is 7.10. The number of ether oxygens (including phenoxy) is 1. The molecular weight excluding hydrogens is 500 g/mol. The fourth-order valence-corrected chi connectivity index (χ4v) is 5.02. The average molecular weight is 523 g/mol. The van der Waals surface area contributed by atoms with Gasteiger partial charge in [0.05, 0.1) is 10.6 Å². The normalized spacial score (nSPS) is 14.5. The van der Waals surface area contributed by atoms with E-state index in [4.69, 9.17) is 28.6 Å². The van der Waals surface area contributed by atoms with E-state index < -0.39 is 0 Å². The van der Waals surface area contributed by atoms with E-state index in [0.717, 1.165) is 27.9 Å². The molecule has 0 saturated carbocycles. The van der Waals surface area contributed by atoms with Crippen LogP contribution in [-0.2, 0) is 9.59 Å². The van der Waals surface area contributed by atoms with Crippen LogP contribution in [0.5, 0.6) is 5.75 Å². The molecule has 0 atom stereocenters. The zero-order valence-electron chi connectivity index (χ0n) is 19.4.